The predicted octanol–water partition coefficient (Wildman–Crippen LogP) is 8.63. The van der Waals surface area contributed by atoms with Gasteiger partial charge in [-0.05, 0) is 43.9 Å². The topological polar surface area (TPSA) is 29.5 Å². The van der Waals surface area contributed by atoms with Crippen LogP contribution < -0.4 is 0 Å². The molecule has 0 bridgehead atoms. The van der Waals surface area contributed by atoms with E-state index in [0.717, 1.165) is 0 Å². The number of rotatable bonds is 11. The smallest absolute Gasteiger partial charge is 0.443 e. The van der Waals surface area contributed by atoms with Crippen LogP contribution in [0.3, 0.4) is 0 Å². The monoisotopic (exact) mass is 755 g/mol. The van der Waals surface area contributed by atoms with Crippen LogP contribution in [-0.2, 0) is 9.53 Å². The van der Waals surface area contributed by atoms with Crippen molar-refractivity contribution in [1.82, 2.24) is 4.90 Å². The SMILES string of the molecule is C=C(C)C(=O)OC(C)N(C)C.FC(F)(F)C(F)(F)C(F)(F)C(F)(F)C(F)(F)C(F)(F)C(F)(F)C(F)(F)C(F)(F)C(F)(F)Br. The first-order valence-corrected chi connectivity index (χ1v) is 10.7. The van der Waals surface area contributed by atoms with Crippen molar-refractivity contribution in [2.24, 2.45) is 0 Å². The van der Waals surface area contributed by atoms with Crippen LogP contribution in [0.2, 0.25) is 0 Å². The molecule has 0 heterocycles. The van der Waals surface area contributed by atoms with Gasteiger partial charge in [0.25, 0.3) is 0 Å². The fourth-order valence-electron chi connectivity index (χ4n) is 1.90. The van der Waals surface area contributed by atoms with E-state index in [4.69, 9.17) is 4.74 Å². The lowest BCUT2D eigenvalue weighted by molar-refractivity contribution is -0.471. The molecular weight excluding hydrogens is 741 g/mol. The molecule has 1 unspecified atom stereocenters. The Bertz CT molecular complexity index is 939. The second-order valence-electron chi connectivity index (χ2n) is 8.34. The Hall–Kier alpha value is -1.82. The van der Waals surface area contributed by atoms with Crippen LogP contribution in [0.1, 0.15) is 13.8 Å². The van der Waals surface area contributed by atoms with Gasteiger partial charge < -0.3 is 4.74 Å². The Morgan fingerprint density at radius 1 is 0.581 bits per heavy atom. The molecule has 0 N–H and O–H groups in total. The van der Waals surface area contributed by atoms with Crippen molar-refractivity contribution in [1.29, 1.82) is 0 Å². The Morgan fingerprint density at radius 3 is 1.00 bits per heavy atom. The quantitative estimate of drug-likeness (QED) is 0.0696. The predicted molar refractivity (Wildman–Crippen MR) is 104 cm³/mol. The molecule has 3 nitrogen and oxygen atoms in total. The van der Waals surface area contributed by atoms with E-state index >= 15 is 0 Å². The number of halogens is 22. The highest BCUT2D eigenvalue weighted by Crippen LogP contribution is 2.66. The summed E-state index contributed by atoms with van der Waals surface area (Å²) >= 11 is 0.243. The van der Waals surface area contributed by atoms with Crippen molar-refractivity contribution in [3.8, 4) is 0 Å². The summed E-state index contributed by atoms with van der Waals surface area (Å²) in [5, 5.41) is 0. The third kappa shape index (κ3) is 7.05. The van der Waals surface area contributed by atoms with Crippen molar-refractivity contribution in [2.75, 3.05) is 14.1 Å². The minimum Gasteiger partial charge on any atom is -0.443 e. The first kappa shape index (κ1) is 43.3. The van der Waals surface area contributed by atoms with Gasteiger partial charge in [0.1, 0.15) is 0 Å². The maximum atomic E-state index is 13.2. The molecule has 0 aromatic heterocycles. The highest BCUT2D eigenvalue weighted by molar-refractivity contribution is 9.10. The Labute approximate surface area is 234 Å². The molecule has 0 spiro atoms. The molecule has 0 aliphatic carbocycles. The second kappa shape index (κ2) is 12.2. The van der Waals surface area contributed by atoms with Crippen LogP contribution in [0.15, 0.2) is 12.2 Å². The van der Waals surface area contributed by atoms with E-state index in [1.54, 1.807) is 18.7 Å². The first-order valence-electron chi connectivity index (χ1n) is 9.89. The maximum Gasteiger partial charge on any atom is 0.460 e. The van der Waals surface area contributed by atoms with Crippen molar-refractivity contribution in [3.63, 3.8) is 0 Å². The summed E-state index contributed by atoms with van der Waals surface area (Å²) in [6.07, 6.45) is -8.18. The molecular formula is C18H15BrF21NO2. The molecule has 0 amide bonds. The van der Waals surface area contributed by atoms with E-state index in [9.17, 15) is 97.0 Å². The average molecular weight is 756 g/mol. The fourth-order valence-corrected chi connectivity index (χ4v) is 2.15. The minimum atomic E-state index is -9.14. The van der Waals surface area contributed by atoms with E-state index < -0.39 is 58.4 Å². The maximum absolute atomic E-state index is 13.2. The third-order valence-electron chi connectivity index (χ3n) is 4.83. The van der Waals surface area contributed by atoms with E-state index in [1.165, 1.54) is 0 Å². The summed E-state index contributed by atoms with van der Waals surface area (Å²) in [6, 6.07) is 0. The number of carbonyl (C=O) groups is 1. The lowest BCUT2D eigenvalue weighted by atomic mass is 9.87. The lowest BCUT2D eigenvalue weighted by Crippen LogP contribution is -2.76. The normalized spacial score (nSPS) is 16.0. The molecule has 0 radical (unpaired) electrons. The van der Waals surface area contributed by atoms with Crippen molar-refractivity contribution in [3.05, 3.63) is 12.2 Å². The number of ether oxygens (including phenoxy) is 1. The van der Waals surface area contributed by atoms with Gasteiger partial charge in [0, 0.05) is 5.57 Å². The van der Waals surface area contributed by atoms with Gasteiger partial charge in [-0.15, -0.1) is 0 Å². The van der Waals surface area contributed by atoms with Crippen molar-refractivity contribution in [2.45, 2.75) is 78.5 Å². The zero-order valence-corrected chi connectivity index (χ0v) is 22.4. The molecule has 0 aromatic carbocycles. The number of nitrogens with zero attached hydrogens (tertiary/aromatic N) is 1. The summed E-state index contributed by atoms with van der Waals surface area (Å²) < 4.78 is 273. The number of carbonyl (C=O) groups excluding carboxylic acids is 1. The molecule has 0 fully saturated rings. The minimum absolute atomic E-state index is 0.195. The van der Waals surface area contributed by atoms with Gasteiger partial charge in [0.2, 0.25) is 0 Å². The molecule has 43 heavy (non-hydrogen) atoms. The molecule has 1 atom stereocenters. The number of hydrogen-bond donors (Lipinski definition) is 0. The standard InChI is InChI=1S/C10BrF21.C8H15NO2/c11-9(28,29)7(24,25)5(20,21)3(16,17)1(12,13)2(14,15)4(18,19)6(22,23)8(26,27)10(30,31)32;1-6(2)8(10)11-7(3)9(4)5/h;7H,1H2,2-5H3. The summed E-state index contributed by atoms with van der Waals surface area (Å²) in [4.78, 5) is 6.00. The molecule has 258 valence electrons. The molecule has 0 rings (SSSR count). The summed E-state index contributed by atoms with van der Waals surface area (Å²) in [6.45, 7) is 6.91. The van der Waals surface area contributed by atoms with Crippen LogP contribution in [0.4, 0.5) is 92.2 Å². The van der Waals surface area contributed by atoms with Gasteiger partial charge in [-0.25, -0.2) is 4.79 Å². The second-order valence-corrected chi connectivity index (χ2v) is 9.34. The highest BCUT2D eigenvalue weighted by Gasteiger charge is 2.97. The highest BCUT2D eigenvalue weighted by atomic mass is 79.9. The van der Waals surface area contributed by atoms with Gasteiger partial charge in [0.05, 0.1) is 0 Å². The zero-order chi connectivity index (χ0) is 36.0. The van der Waals surface area contributed by atoms with E-state index in [1.807, 2.05) is 14.1 Å². The van der Waals surface area contributed by atoms with Gasteiger partial charge in [-0.2, -0.15) is 92.2 Å². The average Bonchev–Trinajstić information content (AvgIpc) is 2.76. The van der Waals surface area contributed by atoms with E-state index in [2.05, 4.69) is 6.58 Å². The van der Waals surface area contributed by atoms with Crippen molar-refractivity contribution >= 4 is 21.9 Å². The first-order chi connectivity index (χ1) is 18.2. The van der Waals surface area contributed by atoms with Crippen molar-refractivity contribution < 1.29 is 102 Å². The largest absolute Gasteiger partial charge is 0.460 e. The Morgan fingerprint density at radius 2 is 0.814 bits per heavy atom. The summed E-state index contributed by atoms with van der Waals surface area (Å²) in [5.74, 6) is -70.3. The molecule has 0 aromatic rings. The van der Waals surface area contributed by atoms with Crippen LogP contribution >= 0.6 is 15.9 Å². The van der Waals surface area contributed by atoms with Gasteiger partial charge in [-0.3, -0.25) is 4.90 Å². The van der Waals surface area contributed by atoms with Crippen LogP contribution in [-0.4, -0.2) is 89.6 Å². The number of alkyl halides is 22. The molecule has 0 aliphatic heterocycles. The van der Waals surface area contributed by atoms with Gasteiger partial charge >= 0.3 is 64.4 Å². The van der Waals surface area contributed by atoms with Crippen LogP contribution in [0.5, 0.6) is 0 Å². The van der Waals surface area contributed by atoms with Crippen LogP contribution in [0, 0.1) is 0 Å². The Balaban J connectivity index is 0. The summed E-state index contributed by atoms with van der Waals surface area (Å²) in [7, 11) is 3.69. The van der Waals surface area contributed by atoms with E-state index in [-0.39, 0.29) is 28.1 Å². The number of esters is 1. The zero-order valence-electron chi connectivity index (χ0n) is 20.9. The fraction of sp³-hybridized carbons (Fsp3) is 0.833. The lowest BCUT2D eigenvalue weighted by Gasteiger charge is -2.44. The van der Waals surface area contributed by atoms with Gasteiger partial charge in [0.15, 0.2) is 6.23 Å². The molecule has 25 heteroatoms. The summed E-state index contributed by atoms with van der Waals surface area (Å²) in [5.41, 5.74) is 0.429. The Kier molecular flexibility index (Phi) is 12.3. The van der Waals surface area contributed by atoms with Gasteiger partial charge in [-0.1, -0.05) is 6.58 Å². The van der Waals surface area contributed by atoms with Crippen LogP contribution in [0.25, 0.3) is 0 Å². The number of hydrogen-bond acceptors (Lipinski definition) is 3. The molecule has 0 saturated heterocycles. The third-order valence-corrected chi connectivity index (χ3v) is 5.32. The van der Waals surface area contributed by atoms with E-state index in [0.29, 0.717) is 5.57 Å². The molecule has 0 saturated carbocycles. The molecule has 0 aliphatic rings.